The van der Waals surface area contributed by atoms with Crippen molar-refractivity contribution in [1.82, 2.24) is 14.8 Å². The van der Waals surface area contributed by atoms with Crippen LogP contribution in [0.3, 0.4) is 0 Å². The normalized spacial score (nSPS) is 21.5. The molecule has 1 aliphatic rings. The SMILES string of the molecule is CN1CCN(C)C(CNc2cccnc2C#N)C1. The van der Waals surface area contributed by atoms with Crippen LogP contribution in [0.4, 0.5) is 5.69 Å². The molecule has 1 saturated heterocycles. The number of hydrogen-bond acceptors (Lipinski definition) is 5. The molecule has 0 saturated carbocycles. The van der Waals surface area contributed by atoms with Gasteiger partial charge in [-0.1, -0.05) is 0 Å². The highest BCUT2D eigenvalue weighted by molar-refractivity contribution is 5.53. The van der Waals surface area contributed by atoms with E-state index in [-0.39, 0.29) is 0 Å². The Morgan fingerprint density at radius 3 is 3.11 bits per heavy atom. The Bertz CT molecular complexity index is 439. The van der Waals surface area contributed by atoms with E-state index in [1.165, 1.54) is 0 Å². The maximum Gasteiger partial charge on any atom is 0.163 e. The Kier molecular flexibility index (Phi) is 4.13. The molecule has 0 aliphatic carbocycles. The fourth-order valence-corrected chi connectivity index (χ4v) is 2.19. The second-order valence-electron chi connectivity index (χ2n) is 4.79. The van der Waals surface area contributed by atoms with Crippen LogP contribution in [0.25, 0.3) is 0 Å². The van der Waals surface area contributed by atoms with Crippen LogP contribution in [-0.2, 0) is 0 Å². The van der Waals surface area contributed by atoms with E-state index < -0.39 is 0 Å². The van der Waals surface area contributed by atoms with E-state index in [1.54, 1.807) is 6.20 Å². The lowest BCUT2D eigenvalue weighted by Crippen LogP contribution is -2.52. The van der Waals surface area contributed by atoms with Crippen LogP contribution in [0, 0.1) is 11.3 Å². The standard InChI is InChI=1S/C13H19N5/c1-17-6-7-18(2)11(10-17)9-16-12-4-3-5-15-13(12)8-14/h3-5,11,16H,6-7,9-10H2,1-2H3. The summed E-state index contributed by atoms with van der Waals surface area (Å²) in [5.41, 5.74) is 1.28. The molecule has 96 valence electrons. The summed E-state index contributed by atoms with van der Waals surface area (Å²) < 4.78 is 0. The van der Waals surface area contributed by atoms with Gasteiger partial charge in [-0.25, -0.2) is 4.98 Å². The summed E-state index contributed by atoms with van der Waals surface area (Å²) in [5, 5.41) is 12.3. The number of aromatic nitrogens is 1. The summed E-state index contributed by atoms with van der Waals surface area (Å²) in [4.78, 5) is 8.74. The van der Waals surface area contributed by atoms with Gasteiger partial charge in [-0.2, -0.15) is 5.26 Å². The molecule has 2 rings (SSSR count). The molecule has 18 heavy (non-hydrogen) atoms. The van der Waals surface area contributed by atoms with Crippen molar-refractivity contribution >= 4 is 5.69 Å². The number of nitrogens with zero attached hydrogens (tertiary/aromatic N) is 4. The van der Waals surface area contributed by atoms with Crippen molar-refractivity contribution in [3.05, 3.63) is 24.0 Å². The number of pyridine rings is 1. The van der Waals surface area contributed by atoms with Crippen LogP contribution >= 0.6 is 0 Å². The molecule has 5 heteroatoms. The summed E-state index contributed by atoms with van der Waals surface area (Å²) in [6.45, 7) is 4.08. The zero-order chi connectivity index (χ0) is 13.0. The predicted molar refractivity (Wildman–Crippen MR) is 71.4 cm³/mol. The monoisotopic (exact) mass is 245 g/mol. The number of anilines is 1. The van der Waals surface area contributed by atoms with Crippen LogP contribution in [0.15, 0.2) is 18.3 Å². The first-order valence-electron chi connectivity index (χ1n) is 6.18. The first-order valence-corrected chi connectivity index (χ1v) is 6.18. The molecular weight excluding hydrogens is 226 g/mol. The number of nitriles is 1. The molecule has 0 amide bonds. The van der Waals surface area contributed by atoms with Gasteiger partial charge in [-0.3, -0.25) is 4.90 Å². The molecule has 1 aliphatic heterocycles. The summed E-state index contributed by atoms with van der Waals surface area (Å²) in [6, 6.07) is 6.32. The van der Waals surface area contributed by atoms with Gasteiger partial charge in [-0.15, -0.1) is 0 Å². The summed E-state index contributed by atoms with van der Waals surface area (Å²) in [6.07, 6.45) is 1.64. The van der Waals surface area contributed by atoms with E-state index in [0.29, 0.717) is 11.7 Å². The lowest BCUT2D eigenvalue weighted by molar-refractivity contribution is 0.122. The molecule has 0 spiro atoms. The summed E-state index contributed by atoms with van der Waals surface area (Å²) in [5.74, 6) is 0. The molecule has 1 atom stereocenters. The first-order chi connectivity index (χ1) is 8.70. The smallest absolute Gasteiger partial charge is 0.163 e. The third-order valence-corrected chi connectivity index (χ3v) is 3.42. The third kappa shape index (κ3) is 2.97. The summed E-state index contributed by atoms with van der Waals surface area (Å²) in [7, 11) is 4.29. The van der Waals surface area contributed by atoms with Gasteiger partial charge >= 0.3 is 0 Å². The van der Waals surface area contributed by atoms with E-state index in [2.05, 4.69) is 40.3 Å². The van der Waals surface area contributed by atoms with E-state index in [4.69, 9.17) is 5.26 Å². The Balaban J connectivity index is 1.96. The number of nitrogens with one attached hydrogen (secondary N) is 1. The fraction of sp³-hybridized carbons (Fsp3) is 0.538. The quantitative estimate of drug-likeness (QED) is 0.845. The lowest BCUT2D eigenvalue weighted by atomic mass is 10.2. The Hall–Kier alpha value is -1.64. The first kappa shape index (κ1) is 12.8. The number of rotatable bonds is 3. The highest BCUT2D eigenvalue weighted by atomic mass is 15.3. The maximum atomic E-state index is 8.98. The second kappa shape index (κ2) is 5.80. The van der Waals surface area contributed by atoms with E-state index >= 15 is 0 Å². The molecule has 5 nitrogen and oxygen atoms in total. The van der Waals surface area contributed by atoms with Crippen LogP contribution in [0.2, 0.25) is 0 Å². The molecule has 0 aromatic carbocycles. The minimum atomic E-state index is 0.462. The van der Waals surface area contributed by atoms with Gasteiger partial charge in [0, 0.05) is 38.4 Å². The Labute approximate surface area is 108 Å². The van der Waals surface area contributed by atoms with Crippen molar-refractivity contribution in [2.75, 3.05) is 45.6 Å². The molecule has 1 N–H and O–H groups in total. The van der Waals surface area contributed by atoms with Gasteiger partial charge in [0.1, 0.15) is 6.07 Å². The van der Waals surface area contributed by atoms with Crippen LogP contribution in [-0.4, -0.2) is 61.1 Å². The van der Waals surface area contributed by atoms with Crippen molar-refractivity contribution in [3.8, 4) is 6.07 Å². The van der Waals surface area contributed by atoms with Crippen LogP contribution in [0.1, 0.15) is 5.69 Å². The number of hydrogen-bond donors (Lipinski definition) is 1. The van der Waals surface area contributed by atoms with Crippen LogP contribution in [0.5, 0.6) is 0 Å². The Morgan fingerprint density at radius 2 is 2.33 bits per heavy atom. The van der Waals surface area contributed by atoms with Gasteiger partial charge in [-0.05, 0) is 26.2 Å². The molecule has 1 aromatic heterocycles. The zero-order valence-electron chi connectivity index (χ0n) is 10.9. The minimum absolute atomic E-state index is 0.462. The van der Waals surface area contributed by atoms with Crippen molar-refractivity contribution in [1.29, 1.82) is 5.26 Å². The molecule has 0 radical (unpaired) electrons. The minimum Gasteiger partial charge on any atom is -0.381 e. The van der Waals surface area contributed by atoms with E-state index in [9.17, 15) is 0 Å². The van der Waals surface area contributed by atoms with Gasteiger partial charge in [0.05, 0.1) is 5.69 Å². The van der Waals surface area contributed by atoms with E-state index in [0.717, 1.165) is 31.9 Å². The highest BCUT2D eigenvalue weighted by Gasteiger charge is 2.21. The molecule has 0 bridgehead atoms. The fourth-order valence-electron chi connectivity index (χ4n) is 2.19. The Morgan fingerprint density at radius 1 is 1.50 bits per heavy atom. The highest BCUT2D eigenvalue weighted by Crippen LogP contribution is 2.12. The van der Waals surface area contributed by atoms with Crippen LogP contribution < -0.4 is 5.32 Å². The topological polar surface area (TPSA) is 55.2 Å². The van der Waals surface area contributed by atoms with Gasteiger partial charge in [0.2, 0.25) is 0 Å². The lowest BCUT2D eigenvalue weighted by Gasteiger charge is -2.37. The summed E-state index contributed by atoms with van der Waals surface area (Å²) >= 11 is 0. The number of piperazine rings is 1. The van der Waals surface area contributed by atoms with Crippen molar-refractivity contribution in [3.63, 3.8) is 0 Å². The zero-order valence-corrected chi connectivity index (χ0v) is 10.9. The van der Waals surface area contributed by atoms with Crippen molar-refractivity contribution in [2.45, 2.75) is 6.04 Å². The van der Waals surface area contributed by atoms with Gasteiger partial charge in [0.25, 0.3) is 0 Å². The second-order valence-corrected chi connectivity index (χ2v) is 4.79. The molecule has 1 fully saturated rings. The van der Waals surface area contributed by atoms with Crippen molar-refractivity contribution < 1.29 is 0 Å². The maximum absolute atomic E-state index is 8.98. The molecule has 1 aromatic rings. The average molecular weight is 245 g/mol. The van der Waals surface area contributed by atoms with Crippen molar-refractivity contribution in [2.24, 2.45) is 0 Å². The van der Waals surface area contributed by atoms with Gasteiger partial charge in [0.15, 0.2) is 5.69 Å². The largest absolute Gasteiger partial charge is 0.381 e. The van der Waals surface area contributed by atoms with Gasteiger partial charge < -0.3 is 10.2 Å². The third-order valence-electron chi connectivity index (χ3n) is 3.42. The molecular formula is C13H19N5. The number of likely N-dealkylation sites (N-methyl/N-ethyl adjacent to an activating group) is 2. The average Bonchev–Trinajstić information content (AvgIpc) is 2.40. The molecule has 2 heterocycles. The molecule has 1 unspecified atom stereocenters. The predicted octanol–water partition coefficient (Wildman–Crippen LogP) is 0.611. The van der Waals surface area contributed by atoms with E-state index in [1.807, 2.05) is 12.1 Å².